The lowest BCUT2D eigenvalue weighted by atomic mass is 10.2. The topological polar surface area (TPSA) is 60.2 Å². The van der Waals surface area contributed by atoms with Crippen LogP contribution in [0.25, 0.3) is 0 Å². The zero-order valence-electron chi connectivity index (χ0n) is 10.8. The van der Waals surface area contributed by atoms with E-state index in [0.29, 0.717) is 16.0 Å². The van der Waals surface area contributed by atoms with E-state index in [1.807, 2.05) is 0 Å². The molecule has 0 aliphatic carbocycles. The number of rotatable bonds is 3. The zero-order valence-corrected chi connectivity index (χ0v) is 12.4. The van der Waals surface area contributed by atoms with Crippen LogP contribution in [0, 0.1) is 6.92 Å². The van der Waals surface area contributed by atoms with Crippen molar-refractivity contribution in [2.45, 2.75) is 13.3 Å². The van der Waals surface area contributed by atoms with Gasteiger partial charge in [-0.25, -0.2) is 4.98 Å². The van der Waals surface area contributed by atoms with E-state index in [4.69, 9.17) is 5.73 Å². The first-order chi connectivity index (χ1) is 9.78. The molecule has 0 aliphatic heterocycles. The van der Waals surface area contributed by atoms with E-state index in [2.05, 4.69) is 31.0 Å². The average molecular weight is 362 g/mol. The molecule has 0 aliphatic rings. The molecule has 0 radical (unpaired) electrons. The van der Waals surface area contributed by atoms with Crippen molar-refractivity contribution >= 4 is 33.1 Å². The normalized spacial score (nSPS) is 11.3. The first-order valence-electron chi connectivity index (χ1n) is 5.80. The molecule has 0 saturated heterocycles. The number of para-hydroxylation sites is 2. The molecule has 0 saturated carbocycles. The molecule has 3 N–H and O–H groups in total. The van der Waals surface area contributed by atoms with E-state index in [1.54, 1.807) is 13.0 Å². The Morgan fingerprint density at radius 1 is 1.29 bits per heavy atom. The largest absolute Gasteiger partial charge is 0.573 e. The van der Waals surface area contributed by atoms with Crippen LogP contribution in [0.4, 0.5) is 30.4 Å². The maximum Gasteiger partial charge on any atom is 0.573 e. The van der Waals surface area contributed by atoms with E-state index in [9.17, 15) is 13.2 Å². The minimum Gasteiger partial charge on any atom is -0.404 e. The number of nitrogens with two attached hydrogens (primary N) is 1. The van der Waals surface area contributed by atoms with Crippen LogP contribution in [0.1, 0.15) is 5.56 Å². The van der Waals surface area contributed by atoms with E-state index < -0.39 is 6.36 Å². The minimum absolute atomic E-state index is 0.146. The SMILES string of the molecule is Cc1c(N)cnc(Nc2ccccc2OC(F)(F)F)c1Br. The predicted octanol–water partition coefficient (Wildman–Crippen LogP) is 4.38. The Balaban J connectivity index is 2.34. The maximum atomic E-state index is 12.4. The van der Waals surface area contributed by atoms with Gasteiger partial charge in [-0.15, -0.1) is 13.2 Å². The number of aromatic nitrogens is 1. The van der Waals surface area contributed by atoms with Gasteiger partial charge in [0, 0.05) is 0 Å². The van der Waals surface area contributed by atoms with Crippen LogP contribution >= 0.6 is 15.9 Å². The van der Waals surface area contributed by atoms with Gasteiger partial charge in [-0.1, -0.05) is 12.1 Å². The number of alkyl halides is 3. The number of benzene rings is 1. The van der Waals surface area contributed by atoms with Crippen LogP contribution in [0.2, 0.25) is 0 Å². The second-order valence-electron chi connectivity index (χ2n) is 4.17. The average Bonchev–Trinajstić information content (AvgIpc) is 2.40. The molecule has 4 nitrogen and oxygen atoms in total. The molecule has 0 amide bonds. The number of nitrogens with one attached hydrogen (secondary N) is 1. The Morgan fingerprint density at radius 2 is 1.95 bits per heavy atom. The van der Waals surface area contributed by atoms with Crippen molar-refractivity contribution in [3.05, 3.63) is 40.5 Å². The first kappa shape index (κ1) is 15.4. The fraction of sp³-hybridized carbons (Fsp3) is 0.154. The maximum absolute atomic E-state index is 12.4. The summed E-state index contributed by atoms with van der Waals surface area (Å²) in [5.74, 6) is 0.00750. The van der Waals surface area contributed by atoms with Crippen LogP contribution in [0.5, 0.6) is 5.75 Å². The Kier molecular flexibility index (Phi) is 4.26. The van der Waals surface area contributed by atoms with E-state index in [-0.39, 0.29) is 11.4 Å². The number of nitrogen functional groups attached to an aromatic ring is 1. The van der Waals surface area contributed by atoms with Gasteiger partial charge in [0.1, 0.15) is 5.82 Å². The third kappa shape index (κ3) is 3.78. The predicted molar refractivity (Wildman–Crippen MR) is 77.5 cm³/mol. The molecular formula is C13H11BrF3N3O. The van der Waals surface area contributed by atoms with Crippen LogP contribution in [-0.4, -0.2) is 11.3 Å². The van der Waals surface area contributed by atoms with Gasteiger partial charge in [0.25, 0.3) is 0 Å². The van der Waals surface area contributed by atoms with E-state index >= 15 is 0 Å². The summed E-state index contributed by atoms with van der Waals surface area (Å²) in [4.78, 5) is 4.05. The van der Waals surface area contributed by atoms with Crippen molar-refractivity contribution in [1.82, 2.24) is 4.98 Å². The Labute approximate surface area is 127 Å². The molecule has 21 heavy (non-hydrogen) atoms. The molecule has 112 valence electrons. The zero-order chi connectivity index (χ0) is 15.6. The molecule has 0 unspecified atom stereocenters. The lowest BCUT2D eigenvalue weighted by Crippen LogP contribution is -2.18. The number of nitrogens with zero attached hydrogens (tertiary/aromatic N) is 1. The molecule has 1 aromatic heterocycles. The Morgan fingerprint density at radius 3 is 2.62 bits per heavy atom. The highest BCUT2D eigenvalue weighted by Crippen LogP contribution is 2.35. The van der Waals surface area contributed by atoms with Crippen LogP contribution in [0.15, 0.2) is 34.9 Å². The Hall–Kier alpha value is -1.96. The molecule has 0 atom stereocenters. The third-order valence-electron chi connectivity index (χ3n) is 2.67. The van der Waals surface area contributed by atoms with Gasteiger partial charge in [0.2, 0.25) is 0 Å². The van der Waals surface area contributed by atoms with Gasteiger partial charge in [-0.05, 0) is 40.5 Å². The monoisotopic (exact) mass is 361 g/mol. The summed E-state index contributed by atoms with van der Waals surface area (Å²) in [5, 5.41) is 2.79. The molecule has 8 heteroatoms. The second-order valence-corrected chi connectivity index (χ2v) is 4.96. The first-order valence-corrected chi connectivity index (χ1v) is 6.59. The minimum atomic E-state index is -4.76. The van der Waals surface area contributed by atoms with Crippen LogP contribution in [0.3, 0.4) is 0 Å². The third-order valence-corrected chi connectivity index (χ3v) is 3.64. The molecule has 2 aromatic rings. The van der Waals surface area contributed by atoms with Gasteiger partial charge in [-0.2, -0.15) is 0 Å². The fourth-order valence-electron chi connectivity index (χ4n) is 1.59. The molecule has 0 fully saturated rings. The molecule has 0 bridgehead atoms. The van der Waals surface area contributed by atoms with Gasteiger partial charge >= 0.3 is 6.36 Å². The van der Waals surface area contributed by atoms with Crippen LogP contribution in [-0.2, 0) is 0 Å². The number of pyridine rings is 1. The van der Waals surface area contributed by atoms with Crippen molar-refractivity contribution < 1.29 is 17.9 Å². The molecule has 1 heterocycles. The highest BCUT2D eigenvalue weighted by molar-refractivity contribution is 9.10. The lowest BCUT2D eigenvalue weighted by Gasteiger charge is -2.15. The lowest BCUT2D eigenvalue weighted by molar-refractivity contribution is -0.274. The summed E-state index contributed by atoms with van der Waals surface area (Å²) in [6, 6.07) is 5.71. The van der Waals surface area contributed by atoms with Crippen molar-refractivity contribution in [2.75, 3.05) is 11.1 Å². The van der Waals surface area contributed by atoms with Gasteiger partial charge in [0.15, 0.2) is 5.75 Å². The molecule has 1 aromatic carbocycles. The smallest absolute Gasteiger partial charge is 0.404 e. The van der Waals surface area contributed by atoms with Gasteiger partial charge < -0.3 is 15.8 Å². The van der Waals surface area contributed by atoms with Crippen molar-refractivity contribution in [3.8, 4) is 5.75 Å². The summed E-state index contributed by atoms with van der Waals surface area (Å²) in [6.45, 7) is 1.77. The van der Waals surface area contributed by atoms with Gasteiger partial charge in [-0.3, -0.25) is 0 Å². The van der Waals surface area contributed by atoms with Crippen molar-refractivity contribution in [1.29, 1.82) is 0 Å². The van der Waals surface area contributed by atoms with E-state index in [0.717, 1.165) is 5.56 Å². The summed E-state index contributed by atoms with van der Waals surface area (Å²) in [5.41, 5.74) is 7.06. The number of ether oxygens (including phenoxy) is 1. The highest BCUT2D eigenvalue weighted by Gasteiger charge is 2.32. The summed E-state index contributed by atoms with van der Waals surface area (Å²) in [7, 11) is 0. The molecular weight excluding hydrogens is 351 g/mol. The summed E-state index contributed by atoms with van der Waals surface area (Å²) >= 11 is 3.31. The standard InChI is InChI=1S/C13H11BrF3N3O/c1-7-8(18)6-19-12(11(7)14)20-9-4-2-3-5-10(9)21-13(15,16)17/h2-6H,18H2,1H3,(H,19,20). The number of hydrogen-bond donors (Lipinski definition) is 2. The molecule has 2 rings (SSSR count). The molecule has 0 spiro atoms. The highest BCUT2D eigenvalue weighted by atomic mass is 79.9. The van der Waals surface area contributed by atoms with E-state index in [1.165, 1.54) is 24.4 Å². The summed E-state index contributed by atoms with van der Waals surface area (Å²) in [6.07, 6.45) is -3.34. The summed E-state index contributed by atoms with van der Waals surface area (Å²) < 4.78 is 41.6. The number of hydrogen-bond acceptors (Lipinski definition) is 4. The van der Waals surface area contributed by atoms with Crippen molar-refractivity contribution in [2.24, 2.45) is 0 Å². The van der Waals surface area contributed by atoms with Crippen LogP contribution < -0.4 is 15.8 Å². The van der Waals surface area contributed by atoms with Gasteiger partial charge in [0.05, 0.1) is 22.0 Å². The number of halogens is 4. The Bertz CT molecular complexity index is 662. The van der Waals surface area contributed by atoms with Crippen molar-refractivity contribution in [3.63, 3.8) is 0 Å². The second kappa shape index (κ2) is 5.80. The quantitative estimate of drug-likeness (QED) is 0.851. The fourth-order valence-corrected chi connectivity index (χ4v) is 2.02. The number of anilines is 3.